The van der Waals surface area contributed by atoms with Gasteiger partial charge in [-0.2, -0.15) is 0 Å². The normalized spacial score (nSPS) is 22.1. The average molecular weight is 539 g/mol. The van der Waals surface area contributed by atoms with Crippen LogP contribution in [0.25, 0.3) is 0 Å². The molecule has 0 aliphatic carbocycles. The second kappa shape index (κ2) is 11.7. The number of hydrogen-bond acceptors (Lipinski definition) is 6. The van der Waals surface area contributed by atoms with E-state index in [1.54, 1.807) is 0 Å². The maximum Gasteiger partial charge on any atom is 0.257 e. The van der Waals surface area contributed by atoms with Gasteiger partial charge in [-0.3, -0.25) is 9.59 Å². The van der Waals surface area contributed by atoms with Gasteiger partial charge in [0.15, 0.2) is 0 Å². The molecule has 5 rings (SSSR count). The Morgan fingerprint density at radius 2 is 1.68 bits per heavy atom. The van der Waals surface area contributed by atoms with E-state index in [0.29, 0.717) is 29.0 Å². The summed E-state index contributed by atoms with van der Waals surface area (Å²) in [6.45, 7) is 12.7. The molecule has 2 aromatic rings. The highest BCUT2D eigenvalue weighted by Gasteiger charge is 2.42. The van der Waals surface area contributed by atoms with E-state index in [1.165, 1.54) is 6.33 Å². The summed E-state index contributed by atoms with van der Waals surface area (Å²) in [7, 11) is 0. The number of anilines is 1. The van der Waals surface area contributed by atoms with Crippen molar-refractivity contribution in [1.82, 2.24) is 25.1 Å². The third-order valence-corrected chi connectivity index (χ3v) is 8.97. The Morgan fingerprint density at radius 1 is 1.03 bits per heavy atom. The van der Waals surface area contributed by atoms with Crippen LogP contribution in [0.2, 0.25) is 5.02 Å². The zero-order chi connectivity index (χ0) is 26.8. The SMILES string of the molecule is Cc1ccc(N(CCCN2CC3CN(C(=O)c4c(C)ncnc4C)CC3C2)C(=O)C2CCNCC2)cc1Cl. The minimum atomic E-state index is 0.0605. The van der Waals surface area contributed by atoms with Crippen LogP contribution in [-0.2, 0) is 4.79 Å². The van der Waals surface area contributed by atoms with Gasteiger partial charge in [-0.1, -0.05) is 17.7 Å². The Kier molecular flexibility index (Phi) is 8.31. The van der Waals surface area contributed by atoms with Crippen LogP contribution >= 0.6 is 11.6 Å². The number of fused-ring (bicyclic) bond motifs is 1. The van der Waals surface area contributed by atoms with Gasteiger partial charge in [0.1, 0.15) is 6.33 Å². The molecule has 0 bridgehead atoms. The summed E-state index contributed by atoms with van der Waals surface area (Å²) < 4.78 is 0. The maximum absolute atomic E-state index is 13.5. The van der Waals surface area contributed by atoms with E-state index in [9.17, 15) is 9.59 Å². The van der Waals surface area contributed by atoms with Crippen molar-refractivity contribution in [2.24, 2.45) is 17.8 Å². The second-order valence-corrected chi connectivity index (χ2v) is 11.6. The van der Waals surface area contributed by atoms with Crippen LogP contribution in [0.4, 0.5) is 5.69 Å². The molecule has 9 heteroatoms. The highest BCUT2D eigenvalue weighted by molar-refractivity contribution is 6.31. The van der Waals surface area contributed by atoms with E-state index in [0.717, 1.165) is 87.7 Å². The van der Waals surface area contributed by atoms with E-state index >= 15 is 0 Å². The molecule has 3 aliphatic heterocycles. The number of nitrogens with zero attached hydrogens (tertiary/aromatic N) is 5. The molecule has 2 atom stereocenters. The molecule has 1 aromatic heterocycles. The van der Waals surface area contributed by atoms with E-state index < -0.39 is 0 Å². The number of rotatable bonds is 7. The standard InChI is InChI=1S/C29H39ClN6O2/c1-19-5-6-25(13-26(19)30)36(28(37)22-7-9-31-10-8-22)12-4-11-34-14-23-16-35(17-24(23)15-34)29(38)27-20(2)32-18-33-21(27)3/h5-6,13,18,22-24,31H,4,7-12,14-17H2,1-3H3. The number of aromatic nitrogens is 2. The van der Waals surface area contributed by atoms with Gasteiger partial charge in [0.05, 0.1) is 17.0 Å². The summed E-state index contributed by atoms with van der Waals surface area (Å²) in [6, 6.07) is 5.95. The fraction of sp³-hybridized carbons (Fsp3) is 0.586. The van der Waals surface area contributed by atoms with Crippen LogP contribution in [0.1, 0.15) is 46.6 Å². The van der Waals surface area contributed by atoms with E-state index in [-0.39, 0.29) is 17.7 Å². The largest absolute Gasteiger partial charge is 0.338 e. The summed E-state index contributed by atoms with van der Waals surface area (Å²) in [5.74, 6) is 1.33. The molecule has 204 valence electrons. The van der Waals surface area contributed by atoms with Gasteiger partial charge in [-0.25, -0.2) is 9.97 Å². The summed E-state index contributed by atoms with van der Waals surface area (Å²) >= 11 is 6.44. The van der Waals surface area contributed by atoms with Crippen molar-refractivity contribution in [3.8, 4) is 0 Å². The molecule has 2 amide bonds. The molecule has 3 saturated heterocycles. The highest BCUT2D eigenvalue weighted by Crippen LogP contribution is 2.33. The number of aryl methyl sites for hydroxylation is 3. The quantitative estimate of drug-likeness (QED) is 0.581. The molecular weight excluding hydrogens is 500 g/mol. The lowest BCUT2D eigenvalue weighted by Gasteiger charge is -2.31. The van der Waals surface area contributed by atoms with Gasteiger partial charge >= 0.3 is 0 Å². The first-order valence-corrected chi connectivity index (χ1v) is 14.3. The van der Waals surface area contributed by atoms with Crippen LogP contribution in [0, 0.1) is 38.5 Å². The first kappa shape index (κ1) is 27.0. The summed E-state index contributed by atoms with van der Waals surface area (Å²) in [5.41, 5.74) is 4.07. The zero-order valence-corrected chi connectivity index (χ0v) is 23.5. The average Bonchev–Trinajstić information content (AvgIpc) is 3.47. The van der Waals surface area contributed by atoms with Crippen LogP contribution < -0.4 is 10.2 Å². The molecule has 2 unspecified atom stereocenters. The smallest absolute Gasteiger partial charge is 0.257 e. The van der Waals surface area contributed by atoms with Gasteiger partial charge in [0.2, 0.25) is 5.91 Å². The fourth-order valence-corrected chi connectivity index (χ4v) is 6.53. The lowest BCUT2D eigenvalue weighted by molar-refractivity contribution is -0.123. The van der Waals surface area contributed by atoms with Crippen molar-refractivity contribution in [2.75, 3.05) is 57.3 Å². The first-order valence-electron chi connectivity index (χ1n) is 13.9. The van der Waals surface area contributed by atoms with Gasteiger partial charge in [-0.05, 0) is 89.2 Å². The topological polar surface area (TPSA) is 81.7 Å². The number of carbonyl (C=O) groups excluding carboxylic acids is 2. The van der Waals surface area contributed by atoms with Gasteiger partial charge < -0.3 is 20.0 Å². The predicted molar refractivity (Wildman–Crippen MR) is 150 cm³/mol. The molecule has 38 heavy (non-hydrogen) atoms. The first-order chi connectivity index (χ1) is 18.3. The summed E-state index contributed by atoms with van der Waals surface area (Å²) in [6.07, 6.45) is 4.19. The molecule has 4 heterocycles. The van der Waals surface area contributed by atoms with Crippen molar-refractivity contribution in [3.63, 3.8) is 0 Å². The molecule has 0 radical (unpaired) electrons. The van der Waals surface area contributed by atoms with E-state index in [2.05, 4.69) is 20.2 Å². The lowest BCUT2D eigenvalue weighted by Crippen LogP contribution is -2.42. The lowest BCUT2D eigenvalue weighted by atomic mass is 9.96. The van der Waals surface area contributed by atoms with E-state index in [1.807, 2.05) is 48.8 Å². The number of halogens is 1. The van der Waals surface area contributed by atoms with Crippen LogP contribution in [-0.4, -0.2) is 83.9 Å². The number of nitrogens with one attached hydrogen (secondary N) is 1. The second-order valence-electron chi connectivity index (χ2n) is 11.2. The fourth-order valence-electron chi connectivity index (χ4n) is 6.36. The van der Waals surface area contributed by atoms with Crippen molar-refractivity contribution in [3.05, 3.63) is 52.1 Å². The van der Waals surface area contributed by atoms with Crippen LogP contribution in [0.5, 0.6) is 0 Å². The van der Waals surface area contributed by atoms with Crippen molar-refractivity contribution in [2.45, 2.75) is 40.0 Å². The number of piperidine rings is 1. The molecule has 8 nitrogen and oxygen atoms in total. The highest BCUT2D eigenvalue weighted by atomic mass is 35.5. The number of amides is 2. The molecule has 1 N–H and O–H groups in total. The molecule has 0 saturated carbocycles. The summed E-state index contributed by atoms with van der Waals surface area (Å²) in [5, 5.41) is 4.06. The van der Waals surface area contributed by atoms with Crippen LogP contribution in [0.15, 0.2) is 24.5 Å². The monoisotopic (exact) mass is 538 g/mol. The molecular formula is C29H39ClN6O2. The summed E-state index contributed by atoms with van der Waals surface area (Å²) in [4.78, 5) is 41.7. The number of likely N-dealkylation sites (tertiary alicyclic amines) is 2. The molecule has 1 aromatic carbocycles. The predicted octanol–water partition coefficient (Wildman–Crippen LogP) is 3.48. The van der Waals surface area contributed by atoms with Crippen LogP contribution in [0.3, 0.4) is 0 Å². The molecule has 3 aliphatic rings. The van der Waals surface area contributed by atoms with Gasteiger partial charge in [-0.15, -0.1) is 0 Å². The van der Waals surface area contributed by atoms with E-state index in [4.69, 9.17) is 11.6 Å². The maximum atomic E-state index is 13.5. The Hall–Kier alpha value is -2.55. The molecule has 3 fully saturated rings. The minimum absolute atomic E-state index is 0.0605. The Balaban J connectivity index is 1.17. The van der Waals surface area contributed by atoms with Gasteiger partial charge in [0, 0.05) is 49.4 Å². The van der Waals surface area contributed by atoms with Crippen molar-refractivity contribution >= 4 is 29.1 Å². The van der Waals surface area contributed by atoms with Crippen molar-refractivity contribution in [1.29, 1.82) is 0 Å². The minimum Gasteiger partial charge on any atom is -0.338 e. The number of benzene rings is 1. The van der Waals surface area contributed by atoms with Crippen molar-refractivity contribution < 1.29 is 9.59 Å². The number of hydrogen-bond donors (Lipinski definition) is 1. The third-order valence-electron chi connectivity index (χ3n) is 8.57. The Bertz CT molecular complexity index is 1150. The third kappa shape index (κ3) is 5.72. The zero-order valence-electron chi connectivity index (χ0n) is 22.8. The van der Waals surface area contributed by atoms with Gasteiger partial charge in [0.25, 0.3) is 5.91 Å². The number of carbonyl (C=O) groups is 2. The Labute approximate surface area is 230 Å². The molecule has 0 spiro atoms. The Morgan fingerprint density at radius 3 is 2.32 bits per heavy atom.